The highest BCUT2D eigenvalue weighted by molar-refractivity contribution is 5.12. The lowest BCUT2D eigenvalue weighted by molar-refractivity contribution is 0.0317. The summed E-state index contributed by atoms with van der Waals surface area (Å²) in [4.78, 5) is 6.83. The Morgan fingerprint density at radius 1 is 1.48 bits per heavy atom. The molecule has 0 spiro atoms. The molecule has 2 fully saturated rings. The third-order valence-electron chi connectivity index (χ3n) is 4.50. The van der Waals surface area contributed by atoms with E-state index in [0.717, 1.165) is 39.0 Å². The first-order chi connectivity index (χ1) is 10.4. The molecule has 0 saturated carbocycles. The Morgan fingerprint density at radius 2 is 2.43 bits per heavy atom. The molecular formula is C17H24N2O2. The molecule has 4 nitrogen and oxygen atoms in total. The third-order valence-corrected chi connectivity index (χ3v) is 4.50. The topological polar surface area (TPSA) is 34.6 Å². The van der Waals surface area contributed by atoms with Gasteiger partial charge < -0.3 is 9.47 Å². The van der Waals surface area contributed by atoms with Crippen molar-refractivity contribution in [2.45, 2.75) is 37.5 Å². The molecule has 2 aliphatic heterocycles. The fourth-order valence-electron chi connectivity index (χ4n) is 3.48. The zero-order valence-corrected chi connectivity index (χ0v) is 12.5. The Balaban J connectivity index is 1.72. The van der Waals surface area contributed by atoms with Crippen LogP contribution < -0.4 is 0 Å². The molecule has 3 heterocycles. The van der Waals surface area contributed by atoms with Crippen molar-refractivity contribution in [3.63, 3.8) is 0 Å². The molecule has 0 aliphatic carbocycles. The number of aromatic nitrogens is 1. The third kappa shape index (κ3) is 3.51. The summed E-state index contributed by atoms with van der Waals surface area (Å²) in [5.74, 6) is 0. The molecule has 2 aliphatic rings. The largest absolute Gasteiger partial charge is 0.380 e. The standard InChI is InChI=1S/C17H24N2O2/c1-2-9-21-17-5-8-19(15-6-10-20-13-15)16(17)11-14-4-3-7-18-12-14/h2-4,7,12,15-17H,1,5-6,8-11,13H2/t15-,16-,17+/m0/s1. The molecule has 3 rings (SSSR count). The second-order valence-corrected chi connectivity index (χ2v) is 5.84. The molecule has 3 atom stereocenters. The summed E-state index contributed by atoms with van der Waals surface area (Å²) in [6.07, 6.45) is 9.13. The average molecular weight is 288 g/mol. The van der Waals surface area contributed by atoms with Crippen LogP contribution in [0.25, 0.3) is 0 Å². The van der Waals surface area contributed by atoms with Gasteiger partial charge in [-0.2, -0.15) is 0 Å². The van der Waals surface area contributed by atoms with Crippen molar-refractivity contribution in [1.29, 1.82) is 0 Å². The number of hydrogen-bond acceptors (Lipinski definition) is 4. The second kappa shape index (κ2) is 7.16. The fourth-order valence-corrected chi connectivity index (χ4v) is 3.48. The van der Waals surface area contributed by atoms with Crippen LogP contribution >= 0.6 is 0 Å². The zero-order chi connectivity index (χ0) is 14.5. The normalized spacial score (nSPS) is 29.8. The SMILES string of the molecule is C=CCO[C@@H]1CCN([C@H]2CCOC2)[C@H]1Cc1cccnc1. The highest BCUT2D eigenvalue weighted by atomic mass is 16.5. The van der Waals surface area contributed by atoms with Crippen LogP contribution in [0.5, 0.6) is 0 Å². The van der Waals surface area contributed by atoms with Gasteiger partial charge in [-0.05, 0) is 30.9 Å². The molecule has 2 saturated heterocycles. The maximum Gasteiger partial charge on any atom is 0.0750 e. The van der Waals surface area contributed by atoms with Gasteiger partial charge in [-0.15, -0.1) is 6.58 Å². The van der Waals surface area contributed by atoms with Crippen LogP contribution in [-0.4, -0.2) is 54.4 Å². The van der Waals surface area contributed by atoms with Crippen molar-refractivity contribution in [1.82, 2.24) is 9.88 Å². The van der Waals surface area contributed by atoms with Crippen molar-refractivity contribution < 1.29 is 9.47 Å². The molecule has 0 N–H and O–H groups in total. The minimum Gasteiger partial charge on any atom is -0.380 e. The Hall–Kier alpha value is -1.23. The molecule has 0 unspecified atom stereocenters. The second-order valence-electron chi connectivity index (χ2n) is 5.84. The van der Waals surface area contributed by atoms with Gasteiger partial charge in [-0.1, -0.05) is 12.1 Å². The van der Waals surface area contributed by atoms with Crippen molar-refractivity contribution in [3.05, 3.63) is 42.7 Å². The van der Waals surface area contributed by atoms with E-state index in [1.54, 1.807) is 0 Å². The van der Waals surface area contributed by atoms with Crippen molar-refractivity contribution in [3.8, 4) is 0 Å². The Bertz CT molecular complexity index is 445. The minimum absolute atomic E-state index is 0.281. The summed E-state index contributed by atoms with van der Waals surface area (Å²) in [6, 6.07) is 5.12. The molecule has 21 heavy (non-hydrogen) atoms. The van der Waals surface area contributed by atoms with Gasteiger partial charge in [0.2, 0.25) is 0 Å². The van der Waals surface area contributed by atoms with Crippen molar-refractivity contribution >= 4 is 0 Å². The molecule has 4 heteroatoms. The van der Waals surface area contributed by atoms with E-state index >= 15 is 0 Å². The smallest absolute Gasteiger partial charge is 0.0750 e. The maximum atomic E-state index is 6.01. The van der Waals surface area contributed by atoms with Gasteiger partial charge in [-0.3, -0.25) is 9.88 Å². The van der Waals surface area contributed by atoms with E-state index in [0.29, 0.717) is 18.7 Å². The number of likely N-dealkylation sites (tertiary alicyclic amines) is 1. The van der Waals surface area contributed by atoms with Gasteiger partial charge in [0.1, 0.15) is 0 Å². The first-order valence-corrected chi connectivity index (χ1v) is 7.83. The number of hydrogen-bond donors (Lipinski definition) is 0. The van der Waals surface area contributed by atoms with E-state index in [1.165, 1.54) is 5.56 Å². The quantitative estimate of drug-likeness (QED) is 0.751. The van der Waals surface area contributed by atoms with Gasteiger partial charge in [0, 0.05) is 37.6 Å². The predicted octanol–water partition coefficient (Wildman–Crippen LogP) is 2.06. The molecular weight excluding hydrogens is 264 g/mol. The molecule has 114 valence electrons. The lowest BCUT2D eigenvalue weighted by atomic mass is 10.0. The van der Waals surface area contributed by atoms with Crippen LogP contribution in [0.2, 0.25) is 0 Å². The predicted molar refractivity (Wildman–Crippen MR) is 82.2 cm³/mol. The minimum atomic E-state index is 0.281. The summed E-state index contributed by atoms with van der Waals surface area (Å²) in [5.41, 5.74) is 1.28. The molecule has 0 aromatic carbocycles. The number of pyridine rings is 1. The lowest BCUT2D eigenvalue weighted by Gasteiger charge is -2.32. The van der Waals surface area contributed by atoms with E-state index in [4.69, 9.17) is 9.47 Å². The van der Waals surface area contributed by atoms with Gasteiger partial charge in [-0.25, -0.2) is 0 Å². The molecule has 0 bridgehead atoms. The van der Waals surface area contributed by atoms with Crippen LogP contribution in [0.3, 0.4) is 0 Å². The van der Waals surface area contributed by atoms with Crippen LogP contribution in [-0.2, 0) is 15.9 Å². The van der Waals surface area contributed by atoms with Crippen molar-refractivity contribution in [2.24, 2.45) is 0 Å². The first-order valence-electron chi connectivity index (χ1n) is 7.83. The first kappa shape index (κ1) is 14.7. The van der Waals surface area contributed by atoms with Gasteiger partial charge in [0.05, 0.1) is 19.3 Å². The van der Waals surface area contributed by atoms with Crippen LogP contribution in [0.15, 0.2) is 37.2 Å². The summed E-state index contributed by atoms with van der Waals surface area (Å²) in [6.45, 7) is 7.23. The van der Waals surface area contributed by atoms with Gasteiger partial charge in [0.15, 0.2) is 0 Å². The lowest BCUT2D eigenvalue weighted by Crippen LogP contribution is -2.44. The summed E-state index contributed by atoms with van der Waals surface area (Å²) in [7, 11) is 0. The van der Waals surface area contributed by atoms with E-state index in [1.807, 2.05) is 24.5 Å². The maximum absolute atomic E-state index is 6.01. The van der Waals surface area contributed by atoms with Gasteiger partial charge >= 0.3 is 0 Å². The van der Waals surface area contributed by atoms with Gasteiger partial charge in [0.25, 0.3) is 0 Å². The Morgan fingerprint density at radius 3 is 3.14 bits per heavy atom. The van der Waals surface area contributed by atoms with E-state index in [9.17, 15) is 0 Å². The molecule has 0 radical (unpaired) electrons. The number of nitrogens with zero attached hydrogens (tertiary/aromatic N) is 2. The van der Waals surface area contributed by atoms with E-state index < -0.39 is 0 Å². The van der Waals surface area contributed by atoms with Crippen molar-refractivity contribution in [2.75, 3.05) is 26.4 Å². The zero-order valence-electron chi connectivity index (χ0n) is 12.5. The highest BCUT2D eigenvalue weighted by Crippen LogP contribution is 2.29. The van der Waals surface area contributed by atoms with Crippen LogP contribution in [0.4, 0.5) is 0 Å². The Kier molecular flexibility index (Phi) is 5.01. The average Bonchev–Trinajstić information content (AvgIpc) is 3.16. The van der Waals surface area contributed by atoms with E-state index in [-0.39, 0.29) is 6.10 Å². The molecule has 0 amide bonds. The number of rotatable bonds is 6. The Labute approximate surface area is 126 Å². The van der Waals surface area contributed by atoms with E-state index in [2.05, 4.69) is 22.5 Å². The number of ether oxygens (including phenoxy) is 2. The summed E-state index contributed by atoms with van der Waals surface area (Å²) >= 11 is 0. The molecule has 1 aromatic rings. The van der Waals surface area contributed by atoms with Crippen LogP contribution in [0, 0.1) is 0 Å². The summed E-state index contributed by atoms with van der Waals surface area (Å²) < 4.78 is 11.6. The molecule has 1 aromatic heterocycles. The fraction of sp³-hybridized carbons (Fsp3) is 0.588. The highest BCUT2D eigenvalue weighted by Gasteiger charge is 2.39. The summed E-state index contributed by atoms with van der Waals surface area (Å²) in [5, 5.41) is 0. The van der Waals surface area contributed by atoms with Crippen LogP contribution in [0.1, 0.15) is 18.4 Å². The monoisotopic (exact) mass is 288 g/mol.